The smallest absolute Gasteiger partial charge is 0.190 e. The van der Waals surface area contributed by atoms with Gasteiger partial charge in [-0.3, -0.25) is 4.99 Å². The lowest BCUT2D eigenvalue weighted by atomic mass is 10.2. The van der Waals surface area contributed by atoms with Crippen molar-refractivity contribution in [1.29, 1.82) is 0 Å². The summed E-state index contributed by atoms with van der Waals surface area (Å²) in [5.74, 6) is 0.914. The third-order valence-corrected chi connectivity index (χ3v) is 3.57. The van der Waals surface area contributed by atoms with Gasteiger partial charge in [0.1, 0.15) is 0 Å². The Morgan fingerprint density at radius 1 is 1.10 bits per heavy atom. The maximum absolute atomic E-state index is 5.83. The second-order valence-electron chi connectivity index (χ2n) is 5.26. The first-order valence-electron chi connectivity index (χ1n) is 7.93. The lowest BCUT2D eigenvalue weighted by Crippen LogP contribution is -2.38. The fraction of sp³-hybridized carbons (Fsp3) is 0.933. The van der Waals surface area contributed by atoms with Crippen molar-refractivity contribution in [3.05, 3.63) is 0 Å². The van der Waals surface area contributed by atoms with E-state index in [0.717, 1.165) is 32.1 Å². The van der Waals surface area contributed by atoms with Crippen molar-refractivity contribution >= 4 is 29.9 Å². The summed E-state index contributed by atoms with van der Waals surface area (Å²) in [6.07, 6.45) is 10.5. The second-order valence-corrected chi connectivity index (χ2v) is 5.26. The van der Waals surface area contributed by atoms with Crippen molar-refractivity contribution in [1.82, 2.24) is 10.6 Å². The number of guanidine groups is 1. The zero-order chi connectivity index (χ0) is 13.8. The van der Waals surface area contributed by atoms with E-state index in [1.807, 2.05) is 7.05 Å². The predicted molar refractivity (Wildman–Crippen MR) is 97.1 cm³/mol. The predicted octanol–water partition coefficient (Wildman–Crippen LogP) is 3.31. The molecule has 0 amide bonds. The minimum atomic E-state index is 0. The molecule has 1 aliphatic carbocycles. The number of halogens is 1. The van der Waals surface area contributed by atoms with Crippen LogP contribution in [0.4, 0.5) is 0 Å². The van der Waals surface area contributed by atoms with Gasteiger partial charge in [-0.25, -0.2) is 0 Å². The molecular formula is C15H32IN3O. The molecule has 0 heterocycles. The molecule has 1 fully saturated rings. The maximum atomic E-state index is 5.83. The van der Waals surface area contributed by atoms with E-state index in [1.54, 1.807) is 0 Å². The van der Waals surface area contributed by atoms with Gasteiger partial charge in [-0.15, -0.1) is 24.0 Å². The molecule has 0 atom stereocenters. The van der Waals surface area contributed by atoms with Gasteiger partial charge in [0.25, 0.3) is 0 Å². The molecule has 1 saturated carbocycles. The summed E-state index contributed by atoms with van der Waals surface area (Å²) in [5, 5.41) is 6.66. The van der Waals surface area contributed by atoms with Gasteiger partial charge in [0.05, 0.1) is 6.10 Å². The Kier molecular flexibility index (Phi) is 13.9. The van der Waals surface area contributed by atoms with Crippen LogP contribution in [0, 0.1) is 0 Å². The van der Waals surface area contributed by atoms with Crippen LogP contribution in [0.25, 0.3) is 0 Å². The first kappa shape index (κ1) is 20.0. The van der Waals surface area contributed by atoms with Crippen LogP contribution in [-0.2, 0) is 4.74 Å². The molecule has 1 aliphatic rings. The highest BCUT2D eigenvalue weighted by Gasteiger charge is 2.14. The quantitative estimate of drug-likeness (QED) is 0.272. The summed E-state index contributed by atoms with van der Waals surface area (Å²) in [7, 11) is 1.82. The van der Waals surface area contributed by atoms with Crippen LogP contribution in [-0.4, -0.2) is 38.8 Å². The van der Waals surface area contributed by atoms with Crippen molar-refractivity contribution in [2.75, 3.05) is 26.7 Å². The number of rotatable bonds is 9. The monoisotopic (exact) mass is 397 g/mol. The Labute approximate surface area is 141 Å². The number of nitrogens with zero attached hydrogens (tertiary/aromatic N) is 1. The normalized spacial score (nSPS) is 16.0. The molecule has 0 bridgehead atoms. The van der Waals surface area contributed by atoms with Crippen molar-refractivity contribution in [2.24, 2.45) is 4.99 Å². The molecule has 20 heavy (non-hydrogen) atoms. The van der Waals surface area contributed by atoms with Crippen LogP contribution in [0.3, 0.4) is 0 Å². The van der Waals surface area contributed by atoms with E-state index in [-0.39, 0.29) is 24.0 Å². The number of hydrogen-bond donors (Lipinski definition) is 2. The average Bonchev–Trinajstić information content (AvgIpc) is 2.94. The average molecular weight is 397 g/mol. The highest BCUT2D eigenvalue weighted by atomic mass is 127. The van der Waals surface area contributed by atoms with E-state index in [4.69, 9.17) is 4.74 Å². The summed E-state index contributed by atoms with van der Waals surface area (Å²) in [4.78, 5) is 4.21. The Hall–Kier alpha value is -0.0400. The highest BCUT2D eigenvalue weighted by Crippen LogP contribution is 2.20. The maximum Gasteiger partial charge on any atom is 0.190 e. The van der Waals surface area contributed by atoms with E-state index in [1.165, 1.54) is 44.9 Å². The van der Waals surface area contributed by atoms with Gasteiger partial charge in [0.15, 0.2) is 5.96 Å². The lowest BCUT2D eigenvalue weighted by Gasteiger charge is -2.13. The standard InChI is InChI=1S/C15H31N3O.HI/c1-3-4-7-11-17-15(16-2)18-12-8-13-19-14-9-5-6-10-14;/h14H,3-13H2,1-2H3,(H2,16,17,18);1H. The van der Waals surface area contributed by atoms with Gasteiger partial charge in [-0.2, -0.15) is 0 Å². The largest absolute Gasteiger partial charge is 0.378 e. The van der Waals surface area contributed by atoms with Crippen LogP contribution in [0.15, 0.2) is 4.99 Å². The molecule has 0 aliphatic heterocycles. The minimum Gasteiger partial charge on any atom is -0.378 e. The van der Waals surface area contributed by atoms with Gasteiger partial charge in [0.2, 0.25) is 0 Å². The topological polar surface area (TPSA) is 45.7 Å². The van der Waals surface area contributed by atoms with Gasteiger partial charge >= 0.3 is 0 Å². The van der Waals surface area contributed by atoms with E-state index < -0.39 is 0 Å². The molecule has 0 radical (unpaired) electrons. The van der Waals surface area contributed by atoms with Gasteiger partial charge in [0, 0.05) is 26.7 Å². The lowest BCUT2D eigenvalue weighted by molar-refractivity contribution is 0.0574. The van der Waals surface area contributed by atoms with Crippen LogP contribution >= 0.6 is 24.0 Å². The molecule has 0 saturated heterocycles. The van der Waals surface area contributed by atoms with Gasteiger partial charge in [-0.05, 0) is 25.7 Å². The first-order chi connectivity index (χ1) is 9.36. The summed E-state index contributed by atoms with van der Waals surface area (Å²) < 4.78 is 5.83. The molecule has 0 aromatic rings. The number of nitrogens with one attached hydrogen (secondary N) is 2. The summed E-state index contributed by atoms with van der Waals surface area (Å²) in [6, 6.07) is 0. The molecule has 0 spiro atoms. The molecule has 4 nitrogen and oxygen atoms in total. The Bertz CT molecular complexity index is 243. The first-order valence-corrected chi connectivity index (χ1v) is 7.93. The van der Waals surface area contributed by atoms with Crippen LogP contribution in [0.2, 0.25) is 0 Å². The summed E-state index contributed by atoms with van der Waals surface area (Å²) in [6.45, 7) is 5.02. The Morgan fingerprint density at radius 2 is 1.75 bits per heavy atom. The SMILES string of the molecule is CCCCCNC(=NC)NCCCOC1CCCC1.I. The Morgan fingerprint density at radius 3 is 2.35 bits per heavy atom. The summed E-state index contributed by atoms with van der Waals surface area (Å²) >= 11 is 0. The third kappa shape index (κ3) is 9.80. The molecule has 0 unspecified atom stereocenters. The van der Waals surface area contributed by atoms with Gasteiger partial charge < -0.3 is 15.4 Å². The zero-order valence-electron chi connectivity index (χ0n) is 13.1. The molecule has 0 aromatic heterocycles. The van der Waals surface area contributed by atoms with E-state index in [2.05, 4.69) is 22.5 Å². The number of hydrogen-bond acceptors (Lipinski definition) is 2. The molecule has 0 aromatic carbocycles. The van der Waals surface area contributed by atoms with E-state index >= 15 is 0 Å². The number of ether oxygens (including phenoxy) is 1. The van der Waals surface area contributed by atoms with E-state index in [9.17, 15) is 0 Å². The van der Waals surface area contributed by atoms with Crippen molar-refractivity contribution in [3.63, 3.8) is 0 Å². The molecule has 1 rings (SSSR count). The number of aliphatic imine (C=N–C) groups is 1. The number of unbranched alkanes of at least 4 members (excludes halogenated alkanes) is 2. The van der Waals surface area contributed by atoms with Crippen LogP contribution < -0.4 is 10.6 Å². The highest BCUT2D eigenvalue weighted by molar-refractivity contribution is 14.0. The fourth-order valence-corrected chi connectivity index (χ4v) is 2.39. The van der Waals surface area contributed by atoms with Gasteiger partial charge in [-0.1, -0.05) is 32.6 Å². The molecular weight excluding hydrogens is 365 g/mol. The minimum absolute atomic E-state index is 0. The zero-order valence-corrected chi connectivity index (χ0v) is 15.4. The molecule has 120 valence electrons. The van der Waals surface area contributed by atoms with Crippen molar-refractivity contribution in [2.45, 2.75) is 64.4 Å². The van der Waals surface area contributed by atoms with E-state index in [0.29, 0.717) is 6.10 Å². The molecule has 2 N–H and O–H groups in total. The Balaban J connectivity index is 0.00000361. The van der Waals surface area contributed by atoms with Crippen LogP contribution in [0.1, 0.15) is 58.3 Å². The molecule has 5 heteroatoms. The fourth-order valence-electron chi connectivity index (χ4n) is 2.39. The second kappa shape index (κ2) is 13.9. The van der Waals surface area contributed by atoms with Crippen molar-refractivity contribution in [3.8, 4) is 0 Å². The van der Waals surface area contributed by atoms with Crippen LogP contribution in [0.5, 0.6) is 0 Å². The third-order valence-electron chi connectivity index (χ3n) is 3.57. The van der Waals surface area contributed by atoms with Crippen molar-refractivity contribution < 1.29 is 4.74 Å². The summed E-state index contributed by atoms with van der Waals surface area (Å²) in [5.41, 5.74) is 0.